The fourth-order valence-electron chi connectivity index (χ4n) is 2.57. The van der Waals surface area contributed by atoms with Gasteiger partial charge in [-0.3, -0.25) is 10.1 Å². The third kappa shape index (κ3) is 3.07. The van der Waals surface area contributed by atoms with E-state index in [2.05, 4.69) is 15.3 Å². The van der Waals surface area contributed by atoms with E-state index in [4.69, 9.17) is 16.0 Å². The van der Waals surface area contributed by atoms with Crippen molar-refractivity contribution in [3.05, 3.63) is 76.1 Å². The van der Waals surface area contributed by atoms with Gasteiger partial charge in [0.05, 0.1) is 10.3 Å². The van der Waals surface area contributed by atoms with Gasteiger partial charge in [0.2, 0.25) is 5.71 Å². The molecule has 2 aromatic heterocycles. The van der Waals surface area contributed by atoms with Crippen molar-refractivity contribution >= 4 is 39.9 Å². The van der Waals surface area contributed by atoms with Gasteiger partial charge < -0.3 is 9.73 Å². The van der Waals surface area contributed by atoms with Crippen molar-refractivity contribution in [1.29, 1.82) is 0 Å². The van der Waals surface area contributed by atoms with Gasteiger partial charge in [-0.1, -0.05) is 29.8 Å². The Morgan fingerprint density at radius 1 is 1.08 bits per heavy atom. The average molecular weight is 367 g/mol. The molecule has 0 aliphatic rings. The number of rotatable bonds is 4. The van der Waals surface area contributed by atoms with E-state index in [1.54, 1.807) is 30.3 Å². The van der Waals surface area contributed by atoms with Crippen LogP contribution in [0.5, 0.6) is 0 Å². The molecule has 128 valence electrons. The standard InChI is InChI=1S/C18H11ClN4O3/c19-12-4-2-5-13(8-12)22-17-15-9-16(26-18(15)21-10-20-17)11-3-1-6-14(7-11)23(24)25/h1-10H,(H,20,21,22). The van der Waals surface area contributed by atoms with Crippen LogP contribution in [0, 0.1) is 10.1 Å². The maximum Gasteiger partial charge on any atom is 0.270 e. The molecule has 0 radical (unpaired) electrons. The SMILES string of the molecule is O=[N+]([O-])c1cccc(-c2cc3c(Nc4cccc(Cl)c4)ncnc3o2)c1. The number of anilines is 2. The largest absolute Gasteiger partial charge is 0.438 e. The first-order chi connectivity index (χ1) is 12.6. The number of non-ortho nitro benzene ring substituents is 1. The Bertz CT molecular complexity index is 1130. The van der Waals surface area contributed by atoms with E-state index in [-0.39, 0.29) is 5.69 Å². The monoisotopic (exact) mass is 366 g/mol. The summed E-state index contributed by atoms with van der Waals surface area (Å²) >= 11 is 6.01. The second-order valence-corrected chi connectivity index (χ2v) is 5.93. The van der Waals surface area contributed by atoms with Crippen LogP contribution in [-0.2, 0) is 0 Å². The van der Waals surface area contributed by atoms with Crippen molar-refractivity contribution in [2.24, 2.45) is 0 Å². The van der Waals surface area contributed by atoms with E-state index in [0.717, 1.165) is 5.69 Å². The molecule has 8 heteroatoms. The maximum absolute atomic E-state index is 11.0. The molecule has 26 heavy (non-hydrogen) atoms. The Hall–Kier alpha value is -3.45. The number of benzene rings is 2. The van der Waals surface area contributed by atoms with Gasteiger partial charge in [0.25, 0.3) is 5.69 Å². The smallest absolute Gasteiger partial charge is 0.270 e. The van der Waals surface area contributed by atoms with Gasteiger partial charge in [-0.25, -0.2) is 9.97 Å². The zero-order valence-corrected chi connectivity index (χ0v) is 14.0. The van der Waals surface area contributed by atoms with Gasteiger partial charge >= 0.3 is 0 Å². The van der Waals surface area contributed by atoms with Crippen LogP contribution in [0.3, 0.4) is 0 Å². The van der Waals surface area contributed by atoms with E-state index in [9.17, 15) is 10.1 Å². The maximum atomic E-state index is 11.0. The second kappa shape index (κ2) is 6.45. The van der Waals surface area contributed by atoms with E-state index < -0.39 is 4.92 Å². The molecule has 0 fully saturated rings. The van der Waals surface area contributed by atoms with Gasteiger partial charge in [-0.2, -0.15) is 0 Å². The molecule has 0 bridgehead atoms. The average Bonchev–Trinajstić information content (AvgIpc) is 3.07. The van der Waals surface area contributed by atoms with Crippen LogP contribution in [-0.4, -0.2) is 14.9 Å². The minimum absolute atomic E-state index is 0.00804. The molecule has 4 rings (SSSR count). The third-order valence-electron chi connectivity index (χ3n) is 3.76. The fraction of sp³-hybridized carbons (Fsp3) is 0. The summed E-state index contributed by atoms with van der Waals surface area (Å²) in [6.45, 7) is 0. The summed E-state index contributed by atoms with van der Waals surface area (Å²) in [6, 6.07) is 15.2. The number of nitrogens with one attached hydrogen (secondary N) is 1. The Labute approximate surface area is 152 Å². The molecule has 0 saturated carbocycles. The predicted molar refractivity (Wildman–Crippen MR) is 98.6 cm³/mol. The first kappa shape index (κ1) is 16.0. The van der Waals surface area contributed by atoms with E-state index in [1.165, 1.54) is 18.5 Å². The third-order valence-corrected chi connectivity index (χ3v) is 3.99. The van der Waals surface area contributed by atoms with Gasteiger partial charge in [0, 0.05) is 28.4 Å². The molecule has 0 saturated heterocycles. The molecule has 0 spiro atoms. The number of nitro benzene ring substituents is 1. The number of halogens is 1. The summed E-state index contributed by atoms with van der Waals surface area (Å²) in [5.41, 5.74) is 1.74. The quantitative estimate of drug-likeness (QED) is 0.394. The number of aromatic nitrogens is 2. The normalized spacial score (nSPS) is 10.8. The van der Waals surface area contributed by atoms with Gasteiger partial charge in [0.15, 0.2) is 0 Å². The zero-order valence-electron chi connectivity index (χ0n) is 13.2. The second-order valence-electron chi connectivity index (χ2n) is 5.49. The van der Waals surface area contributed by atoms with Crippen molar-refractivity contribution in [2.75, 3.05) is 5.32 Å². The summed E-state index contributed by atoms with van der Waals surface area (Å²) < 4.78 is 5.75. The Morgan fingerprint density at radius 3 is 2.73 bits per heavy atom. The summed E-state index contributed by atoms with van der Waals surface area (Å²) in [5.74, 6) is 1.02. The zero-order chi connectivity index (χ0) is 18.1. The van der Waals surface area contributed by atoms with Crippen LogP contribution < -0.4 is 5.32 Å². The Balaban J connectivity index is 1.76. The first-order valence-electron chi connectivity index (χ1n) is 7.62. The Morgan fingerprint density at radius 2 is 1.92 bits per heavy atom. The molecule has 0 amide bonds. The van der Waals surface area contributed by atoms with Crippen molar-refractivity contribution in [3.63, 3.8) is 0 Å². The van der Waals surface area contributed by atoms with Gasteiger partial charge in [-0.15, -0.1) is 0 Å². The van der Waals surface area contributed by atoms with Crippen molar-refractivity contribution in [1.82, 2.24) is 9.97 Å². The molecular formula is C18H11ClN4O3. The lowest BCUT2D eigenvalue weighted by molar-refractivity contribution is -0.384. The number of hydrogen-bond acceptors (Lipinski definition) is 6. The molecular weight excluding hydrogens is 356 g/mol. The minimum atomic E-state index is -0.446. The van der Waals surface area contributed by atoms with Crippen molar-refractivity contribution in [2.45, 2.75) is 0 Å². The topological polar surface area (TPSA) is 94.1 Å². The molecule has 0 atom stereocenters. The van der Waals surface area contributed by atoms with Gasteiger partial charge in [-0.05, 0) is 24.3 Å². The number of nitrogens with zero attached hydrogens (tertiary/aromatic N) is 3. The van der Waals surface area contributed by atoms with Crippen LogP contribution >= 0.6 is 11.6 Å². The van der Waals surface area contributed by atoms with E-state index in [0.29, 0.717) is 33.3 Å². The summed E-state index contributed by atoms with van der Waals surface area (Å²) in [7, 11) is 0. The van der Waals surface area contributed by atoms with Crippen LogP contribution in [0.1, 0.15) is 0 Å². The highest BCUT2D eigenvalue weighted by Gasteiger charge is 2.14. The van der Waals surface area contributed by atoms with Crippen LogP contribution in [0.4, 0.5) is 17.2 Å². The molecule has 2 aromatic carbocycles. The number of hydrogen-bond donors (Lipinski definition) is 1. The fourth-order valence-corrected chi connectivity index (χ4v) is 2.76. The van der Waals surface area contributed by atoms with E-state index in [1.807, 2.05) is 12.1 Å². The molecule has 0 aliphatic carbocycles. The number of fused-ring (bicyclic) bond motifs is 1. The lowest BCUT2D eigenvalue weighted by Crippen LogP contribution is -1.94. The molecule has 0 unspecified atom stereocenters. The molecule has 0 aliphatic heterocycles. The van der Waals surface area contributed by atoms with Crippen molar-refractivity contribution < 1.29 is 9.34 Å². The first-order valence-corrected chi connectivity index (χ1v) is 8.00. The van der Waals surface area contributed by atoms with Crippen LogP contribution in [0.2, 0.25) is 5.02 Å². The van der Waals surface area contributed by atoms with Crippen LogP contribution in [0.15, 0.2) is 65.3 Å². The molecule has 2 heterocycles. The predicted octanol–water partition coefficient (Wildman–Crippen LogP) is 5.20. The molecule has 1 N–H and O–H groups in total. The van der Waals surface area contributed by atoms with E-state index >= 15 is 0 Å². The van der Waals surface area contributed by atoms with Crippen molar-refractivity contribution in [3.8, 4) is 11.3 Å². The minimum Gasteiger partial charge on any atom is -0.438 e. The molecule has 7 nitrogen and oxygen atoms in total. The summed E-state index contributed by atoms with van der Waals surface area (Å²) in [4.78, 5) is 18.9. The highest BCUT2D eigenvalue weighted by Crippen LogP contribution is 2.32. The Kier molecular flexibility index (Phi) is 3.98. The number of furan rings is 1. The van der Waals surface area contributed by atoms with Crippen LogP contribution in [0.25, 0.3) is 22.4 Å². The number of nitro groups is 1. The highest BCUT2D eigenvalue weighted by atomic mass is 35.5. The van der Waals surface area contributed by atoms with Gasteiger partial charge in [0.1, 0.15) is 17.9 Å². The highest BCUT2D eigenvalue weighted by molar-refractivity contribution is 6.30. The summed E-state index contributed by atoms with van der Waals surface area (Å²) in [5, 5.41) is 15.4. The lowest BCUT2D eigenvalue weighted by Gasteiger charge is -2.05. The lowest BCUT2D eigenvalue weighted by atomic mass is 10.1. The molecule has 4 aromatic rings. The summed E-state index contributed by atoms with van der Waals surface area (Å²) in [6.07, 6.45) is 1.38.